The summed E-state index contributed by atoms with van der Waals surface area (Å²) in [4.78, 5) is 29.1. The monoisotopic (exact) mass is 379 g/mol. The van der Waals surface area contributed by atoms with E-state index in [2.05, 4.69) is 11.7 Å². The summed E-state index contributed by atoms with van der Waals surface area (Å²) in [5, 5.41) is 0. The number of Topliss-reactive ketones (excluding diaryl/α,β-unsaturated/α-hetero) is 2. The Kier molecular flexibility index (Phi) is 5.93. The predicted octanol–water partition coefficient (Wildman–Crippen LogP) is 5.39. The summed E-state index contributed by atoms with van der Waals surface area (Å²) < 4.78 is 51.9. The quantitative estimate of drug-likeness (QED) is 0.391. The molecule has 0 radical (unpaired) electrons. The summed E-state index contributed by atoms with van der Waals surface area (Å²) in [5.41, 5.74) is -0.848. The second-order valence-corrected chi connectivity index (χ2v) is 5.97. The molecule has 1 aliphatic carbocycles. The highest BCUT2D eigenvalue weighted by atomic mass is 19.4. The van der Waals surface area contributed by atoms with E-state index in [0.717, 1.165) is 25.1 Å². The van der Waals surface area contributed by atoms with E-state index in [9.17, 15) is 27.2 Å². The van der Waals surface area contributed by atoms with Gasteiger partial charge >= 0.3 is 6.18 Å². The fourth-order valence-corrected chi connectivity index (χ4v) is 2.76. The molecule has 7 heteroatoms. The SMILES string of the molecule is C=N/C(=C\C=C(/C)C(F)(F)F)CC1=C(CC)C(=O)c2c(F)cccc2C1=O. The smallest absolute Gasteiger partial charge is 0.289 e. The van der Waals surface area contributed by atoms with Crippen molar-refractivity contribution >= 4 is 18.3 Å². The zero-order chi connectivity index (χ0) is 20.4. The third-order valence-electron chi connectivity index (χ3n) is 4.29. The molecule has 0 aromatic heterocycles. The first-order valence-electron chi connectivity index (χ1n) is 8.13. The Balaban J connectivity index is 2.49. The van der Waals surface area contributed by atoms with Gasteiger partial charge in [0, 0.05) is 34.4 Å². The highest BCUT2D eigenvalue weighted by Crippen LogP contribution is 2.33. The Morgan fingerprint density at radius 2 is 1.81 bits per heavy atom. The van der Waals surface area contributed by atoms with Crippen molar-refractivity contribution in [2.45, 2.75) is 32.9 Å². The van der Waals surface area contributed by atoms with Gasteiger partial charge in [-0.05, 0) is 32.2 Å². The van der Waals surface area contributed by atoms with Crippen LogP contribution in [0.5, 0.6) is 0 Å². The Bertz CT molecular complexity index is 905. The Morgan fingerprint density at radius 1 is 1.15 bits per heavy atom. The first kappa shape index (κ1) is 20.5. The number of aliphatic imine (C=N–C) groups is 1. The predicted molar refractivity (Wildman–Crippen MR) is 94.4 cm³/mol. The highest BCUT2D eigenvalue weighted by molar-refractivity contribution is 6.27. The van der Waals surface area contributed by atoms with Gasteiger partial charge in [-0.15, -0.1) is 0 Å². The van der Waals surface area contributed by atoms with Crippen LogP contribution in [0, 0.1) is 5.82 Å². The van der Waals surface area contributed by atoms with E-state index >= 15 is 0 Å². The number of allylic oxidation sites excluding steroid dienone is 5. The van der Waals surface area contributed by atoms with Gasteiger partial charge in [-0.1, -0.05) is 25.1 Å². The third kappa shape index (κ3) is 4.13. The average molecular weight is 379 g/mol. The molecule has 0 spiro atoms. The Morgan fingerprint density at radius 3 is 2.37 bits per heavy atom. The van der Waals surface area contributed by atoms with Gasteiger partial charge in [0.15, 0.2) is 11.6 Å². The number of alkyl halides is 3. The van der Waals surface area contributed by atoms with E-state index in [4.69, 9.17) is 0 Å². The number of carbonyl (C=O) groups is 2. The van der Waals surface area contributed by atoms with Crippen LogP contribution in [0.3, 0.4) is 0 Å². The van der Waals surface area contributed by atoms with Crippen LogP contribution in [0.15, 0.2) is 57.8 Å². The van der Waals surface area contributed by atoms with E-state index in [1.807, 2.05) is 0 Å². The summed E-state index contributed by atoms with van der Waals surface area (Å²) in [7, 11) is 0. The van der Waals surface area contributed by atoms with Gasteiger partial charge in [-0.3, -0.25) is 14.6 Å². The van der Waals surface area contributed by atoms with Gasteiger partial charge in [0.25, 0.3) is 0 Å². The number of benzene rings is 1. The molecule has 0 bridgehead atoms. The van der Waals surface area contributed by atoms with Crippen molar-refractivity contribution in [3.63, 3.8) is 0 Å². The van der Waals surface area contributed by atoms with Crippen molar-refractivity contribution in [1.29, 1.82) is 0 Å². The zero-order valence-corrected chi connectivity index (χ0v) is 14.8. The first-order valence-corrected chi connectivity index (χ1v) is 8.13. The maximum atomic E-state index is 14.0. The Labute approximate surface area is 153 Å². The molecular formula is C20H17F4NO2. The van der Waals surface area contributed by atoms with Gasteiger partial charge < -0.3 is 0 Å². The van der Waals surface area contributed by atoms with Gasteiger partial charge in [0.2, 0.25) is 0 Å². The molecule has 1 aromatic carbocycles. The molecule has 142 valence electrons. The maximum absolute atomic E-state index is 14.0. The average Bonchev–Trinajstić information content (AvgIpc) is 2.61. The Hall–Kier alpha value is -2.83. The molecule has 3 nitrogen and oxygen atoms in total. The number of fused-ring (bicyclic) bond motifs is 1. The van der Waals surface area contributed by atoms with E-state index in [0.29, 0.717) is 0 Å². The van der Waals surface area contributed by atoms with E-state index in [-0.39, 0.29) is 40.8 Å². The standard InChI is InChI=1S/C20H17F4NO2/c1-4-13-15(10-12(25-3)9-8-11(2)20(22,23)24)18(26)14-6-5-7-16(21)17(14)19(13)27/h5-9H,3-4,10H2,1-2H3/b11-8+,12-9-. The molecule has 1 aromatic rings. The van der Waals surface area contributed by atoms with Gasteiger partial charge in [-0.25, -0.2) is 4.39 Å². The van der Waals surface area contributed by atoms with Gasteiger partial charge in [0.1, 0.15) is 5.82 Å². The van der Waals surface area contributed by atoms with Crippen LogP contribution in [0.4, 0.5) is 17.6 Å². The van der Waals surface area contributed by atoms with Crippen LogP contribution in [0.1, 0.15) is 47.4 Å². The number of ketones is 2. The fourth-order valence-electron chi connectivity index (χ4n) is 2.76. The summed E-state index contributed by atoms with van der Waals surface area (Å²) in [5.74, 6) is -1.91. The minimum Gasteiger partial charge on any atom is -0.289 e. The van der Waals surface area contributed by atoms with Crippen molar-refractivity contribution in [2.24, 2.45) is 4.99 Å². The number of hydrogen-bond donors (Lipinski definition) is 0. The van der Waals surface area contributed by atoms with Crippen LogP contribution in [-0.4, -0.2) is 24.5 Å². The molecule has 0 atom stereocenters. The van der Waals surface area contributed by atoms with E-state index < -0.39 is 29.1 Å². The second-order valence-electron chi connectivity index (χ2n) is 5.97. The lowest BCUT2D eigenvalue weighted by Gasteiger charge is -2.21. The third-order valence-corrected chi connectivity index (χ3v) is 4.29. The van der Waals surface area contributed by atoms with Crippen molar-refractivity contribution in [2.75, 3.05) is 0 Å². The normalized spacial score (nSPS) is 15.9. The summed E-state index contributed by atoms with van der Waals surface area (Å²) >= 11 is 0. The number of halogens is 4. The second kappa shape index (κ2) is 7.82. The molecular weight excluding hydrogens is 362 g/mol. The van der Waals surface area contributed by atoms with Gasteiger partial charge in [-0.2, -0.15) is 13.2 Å². The minimum absolute atomic E-state index is 0.0578. The zero-order valence-electron chi connectivity index (χ0n) is 14.8. The lowest BCUT2D eigenvalue weighted by atomic mass is 9.81. The summed E-state index contributed by atoms with van der Waals surface area (Å²) in [6.07, 6.45) is -2.54. The fraction of sp³-hybridized carbons (Fsp3) is 0.250. The van der Waals surface area contributed by atoms with Crippen LogP contribution >= 0.6 is 0 Å². The number of rotatable bonds is 5. The van der Waals surface area contributed by atoms with E-state index in [1.165, 1.54) is 12.1 Å². The van der Waals surface area contributed by atoms with Gasteiger partial charge in [0.05, 0.1) is 5.56 Å². The molecule has 0 aliphatic heterocycles. The summed E-state index contributed by atoms with van der Waals surface area (Å²) in [6, 6.07) is 3.78. The molecule has 0 N–H and O–H groups in total. The molecule has 2 rings (SSSR count). The first-order chi connectivity index (χ1) is 12.6. The summed E-state index contributed by atoms with van der Waals surface area (Å²) in [6.45, 7) is 5.86. The molecule has 0 fully saturated rings. The van der Waals surface area contributed by atoms with E-state index in [1.54, 1.807) is 6.92 Å². The largest absolute Gasteiger partial charge is 0.412 e. The number of carbonyl (C=O) groups excluding carboxylic acids is 2. The molecule has 1 aliphatic rings. The molecule has 0 heterocycles. The lowest BCUT2D eigenvalue weighted by Crippen LogP contribution is -2.23. The van der Waals surface area contributed by atoms with Crippen LogP contribution in [0.2, 0.25) is 0 Å². The molecule has 27 heavy (non-hydrogen) atoms. The molecule has 0 amide bonds. The number of hydrogen-bond acceptors (Lipinski definition) is 3. The van der Waals surface area contributed by atoms with Crippen LogP contribution in [-0.2, 0) is 0 Å². The van der Waals surface area contributed by atoms with Crippen molar-refractivity contribution in [1.82, 2.24) is 0 Å². The topological polar surface area (TPSA) is 46.5 Å². The van der Waals surface area contributed by atoms with Crippen molar-refractivity contribution in [3.05, 3.63) is 69.7 Å². The molecule has 0 saturated heterocycles. The van der Waals surface area contributed by atoms with Crippen molar-refractivity contribution in [3.8, 4) is 0 Å². The minimum atomic E-state index is -4.48. The molecule has 0 unspecified atom stereocenters. The lowest BCUT2D eigenvalue weighted by molar-refractivity contribution is -0.0913. The maximum Gasteiger partial charge on any atom is 0.412 e. The van der Waals surface area contributed by atoms with Crippen molar-refractivity contribution < 1.29 is 27.2 Å². The molecule has 0 saturated carbocycles. The highest BCUT2D eigenvalue weighted by Gasteiger charge is 2.33. The van der Waals surface area contributed by atoms with Crippen LogP contribution < -0.4 is 0 Å². The van der Waals surface area contributed by atoms with Crippen LogP contribution in [0.25, 0.3) is 0 Å². The number of nitrogens with zero attached hydrogens (tertiary/aromatic N) is 1.